The Morgan fingerprint density at radius 1 is 0.643 bits per heavy atom. The van der Waals surface area contributed by atoms with Crippen molar-refractivity contribution >= 4 is 23.8 Å². The van der Waals surface area contributed by atoms with Crippen LogP contribution in [0.1, 0.15) is 103 Å². The third kappa shape index (κ3) is 22.8. The summed E-state index contributed by atoms with van der Waals surface area (Å²) in [6.07, 6.45) is 19.6. The van der Waals surface area contributed by atoms with Gasteiger partial charge in [-0.2, -0.15) is 0 Å². The first-order chi connectivity index (χ1) is 13.6. The second kappa shape index (κ2) is 22.2. The zero-order valence-electron chi connectivity index (χ0n) is 18.0. The molecule has 1 N–H and O–H groups in total. The highest BCUT2D eigenvalue weighted by molar-refractivity contribution is 9.09. The second-order valence-corrected chi connectivity index (χ2v) is 9.63. The quantitative estimate of drug-likeness (QED) is 0.0924. The van der Waals surface area contributed by atoms with Gasteiger partial charge in [-0.3, -0.25) is 9.05 Å². The highest BCUT2D eigenvalue weighted by atomic mass is 79.9. The summed E-state index contributed by atoms with van der Waals surface area (Å²) in [4.78, 5) is 9.34. The lowest BCUT2D eigenvalue weighted by Gasteiger charge is -2.11. The molecule has 0 aromatic heterocycles. The van der Waals surface area contributed by atoms with Gasteiger partial charge >= 0.3 is 7.82 Å². The van der Waals surface area contributed by atoms with Crippen LogP contribution >= 0.6 is 23.8 Å². The van der Waals surface area contributed by atoms with Crippen molar-refractivity contribution < 1.29 is 23.2 Å². The summed E-state index contributed by atoms with van der Waals surface area (Å²) >= 11 is 3.13. The molecule has 0 aromatic rings. The van der Waals surface area contributed by atoms with E-state index in [2.05, 4.69) is 22.9 Å². The van der Waals surface area contributed by atoms with E-state index in [-0.39, 0.29) is 13.2 Å². The molecule has 0 fully saturated rings. The molecule has 7 heteroatoms. The SMILES string of the molecule is CCCCCCCCCCCCCCCCOCCCOP(=O)(O)OCCBr. The van der Waals surface area contributed by atoms with Crippen molar-refractivity contribution in [2.24, 2.45) is 0 Å². The van der Waals surface area contributed by atoms with Crippen molar-refractivity contribution in [1.29, 1.82) is 0 Å². The molecule has 0 saturated carbocycles. The lowest BCUT2D eigenvalue weighted by molar-refractivity contribution is 0.102. The molecule has 0 aliphatic rings. The summed E-state index contributed by atoms with van der Waals surface area (Å²) in [5, 5.41) is 0.503. The largest absolute Gasteiger partial charge is 0.472 e. The van der Waals surface area contributed by atoms with Gasteiger partial charge < -0.3 is 9.63 Å². The van der Waals surface area contributed by atoms with Crippen molar-refractivity contribution in [2.45, 2.75) is 103 Å². The molecule has 0 aromatic carbocycles. The van der Waals surface area contributed by atoms with Gasteiger partial charge in [-0.25, -0.2) is 4.57 Å². The van der Waals surface area contributed by atoms with E-state index in [1.54, 1.807) is 0 Å². The van der Waals surface area contributed by atoms with Gasteiger partial charge in [0.05, 0.1) is 13.2 Å². The third-order valence-corrected chi connectivity index (χ3v) is 6.00. The molecule has 0 heterocycles. The molecule has 0 aliphatic carbocycles. The number of phosphoric acid groups is 1. The molecule has 0 saturated heterocycles. The van der Waals surface area contributed by atoms with E-state index in [1.807, 2.05) is 0 Å². The highest BCUT2D eigenvalue weighted by Crippen LogP contribution is 2.43. The average molecular weight is 487 g/mol. The van der Waals surface area contributed by atoms with E-state index in [9.17, 15) is 9.46 Å². The average Bonchev–Trinajstić information content (AvgIpc) is 2.68. The molecule has 170 valence electrons. The smallest absolute Gasteiger partial charge is 0.381 e. The first-order valence-electron chi connectivity index (χ1n) is 11.4. The zero-order valence-corrected chi connectivity index (χ0v) is 20.5. The van der Waals surface area contributed by atoms with Gasteiger partial charge in [-0.05, 0) is 12.8 Å². The summed E-state index contributed by atoms with van der Waals surface area (Å²) in [5.74, 6) is 0. The first kappa shape index (κ1) is 28.5. The minimum absolute atomic E-state index is 0.156. The van der Waals surface area contributed by atoms with Crippen molar-refractivity contribution in [3.05, 3.63) is 0 Å². The van der Waals surface area contributed by atoms with E-state index in [1.165, 1.54) is 83.5 Å². The fourth-order valence-electron chi connectivity index (χ4n) is 3.03. The maximum Gasteiger partial charge on any atom is 0.472 e. The van der Waals surface area contributed by atoms with Crippen LogP contribution in [0.3, 0.4) is 0 Å². The number of hydrogen-bond acceptors (Lipinski definition) is 4. The number of ether oxygens (including phenoxy) is 1. The van der Waals surface area contributed by atoms with Crippen molar-refractivity contribution in [2.75, 3.05) is 31.8 Å². The lowest BCUT2D eigenvalue weighted by Crippen LogP contribution is -2.03. The van der Waals surface area contributed by atoms with Crippen LogP contribution in [0.2, 0.25) is 0 Å². The molecule has 0 aliphatic heterocycles. The number of halogens is 1. The Morgan fingerprint density at radius 2 is 1.07 bits per heavy atom. The van der Waals surface area contributed by atoms with Crippen molar-refractivity contribution in [3.63, 3.8) is 0 Å². The zero-order chi connectivity index (χ0) is 20.8. The molecular formula is C21H44BrO5P. The van der Waals surface area contributed by atoms with Crippen LogP contribution < -0.4 is 0 Å². The third-order valence-electron chi connectivity index (χ3n) is 4.66. The maximum atomic E-state index is 11.4. The van der Waals surface area contributed by atoms with Gasteiger partial charge in [-0.15, -0.1) is 0 Å². The van der Waals surface area contributed by atoms with Gasteiger partial charge in [0.1, 0.15) is 0 Å². The normalized spacial score (nSPS) is 13.7. The molecule has 0 radical (unpaired) electrons. The molecule has 28 heavy (non-hydrogen) atoms. The van der Waals surface area contributed by atoms with Crippen molar-refractivity contribution in [3.8, 4) is 0 Å². The molecule has 5 nitrogen and oxygen atoms in total. The summed E-state index contributed by atoms with van der Waals surface area (Å²) < 4.78 is 26.5. The Bertz CT molecular complexity index is 358. The topological polar surface area (TPSA) is 65.0 Å². The summed E-state index contributed by atoms with van der Waals surface area (Å²) in [5.41, 5.74) is 0. The van der Waals surface area contributed by atoms with Crippen LogP contribution in [0.5, 0.6) is 0 Å². The lowest BCUT2D eigenvalue weighted by atomic mass is 10.0. The molecule has 0 bridgehead atoms. The number of unbranched alkanes of at least 4 members (excludes halogenated alkanes) is 13. The fourth-order valence-corrected chi connectivity index (χ4v) is 4.20. The maximum absolute atomic E-state index is 11.4. The van der Waals surface area contributed by atoms with Crippen LogP contribution in [0, 0.1) is 0 Å². The number of rotatable bonds is 23. The first-order valence-corrected chi connectivity index (χ1v) is 14.0. The number of hydrogen-bond donors (Lipinski definition) is 1. The Kier molecular flexibility index (Phi) is 22.7. The Labute approximate surface area is 182 Å². The van der Waals surface area contributed by atoms with Crippen LogP contribution in [-0.2, 0) is 18.3 Å². The molecule has 0 amide bonds. The van der Waals surface area contributed by atoms with Crippen LogP contribution in [0.15, 0.2) is 0 Å². The Hall–Kier alpha value is 0.550. The summed E-state index contributed by atoms with van der Waals surface area (Å²) in [6, 6.07) is 0. The highest BCUT2D eigenvalue weighted by Gasteiger charge is 2.19. The van der Waals surface area contributed by atoms with Crippen LogP contribution in [-0.4, -0.2) is 36.7 Å². The molecular weight excluding hydrogens is 443 g/mol. The molecule has 0 spiro atoms. The summed E-state index contributed by atoms with van der Waals surface area (Å²) in [6.45, 7) is 3.91. The monoisotopic (exact) mass is 486 g/mol. The fraction of sp³-hybridized carbons (Fsp3) is 1.00. The predicted octanol–water partition coefficient (Wildman–Crippen LogP) is 7.40. The minimum atomic E-state index is -3.89. The van der Waals surface area contributed by atoms with Gasteiger partial charge in [0.25, 0.3) is 0 Å². The Morgan fingerprint density at radius 3 is 1.57 bits per heavy atom. The molecule has 0 rings (SSSR count). The predicted molar refractivity (Wildman–Crippen MR) is 121 cm³/mol. The van der Waals surface area contributed by atoms with Gasteiger partial charge in [0.2, 0.25) is 0 Å². The van der Waals surface area contributed by atoms with E-state index >= 15 is 0 Å². The van der Waals surface area contributed by atoms with E-state index in [0.29, 0.717) is 18.4 Å². The van der Waals surface area contributed by atoms with Crippen LogP contribution in [0.4, 0.5) is 0 Å². The van der Waals surface area contributed by atoms with Crippen LogP contribution in [0.25, 0.3) is 0 Å². The van der Waals surface area contributed by atoms with Crippen molar-refractivity contribution in [1.82, 2.24) is 0 Å². The minimum Gasteiger partial charge on any atom is -0.381 e. The standard InChI is InChI=1S/C21H44BrO5P/c1-2-3-4-5-6-7-8-9-10-11-12-13-14-15-18-25-19-16-20-26-28(23,24)27-21-17-22/h2-21H2,1H3,(H,23,24). The number of alkyl halides is 1. The summed E-state index contributed by atoms with van der Waals surface area (Å²) in [7, 11) is -3.89. The van der Waals surface area contributed by atoms with E-state index in [0.717, 1.165) is 13.0 Å². The second-order valence-electron chi connectivity index (χ2n) is 7.39. The number of phosphoric ester groups is 1. The molecule has 1 unspecified atom stereocenters. The van der Waals surface area contributed by atoms with E-state index in [4.69, 9.17) is 13.8 Å². The van der Waals surface area contributed by atoms with Gasteiger partial charge in [-0.1, -0.05) is 106 Å². The Balaban J connectivity index is 3.13. The molecule has 1 atom stereocenters. The van der Waals surface area contributed by atoms with Gasteiger partial charge in [0, 0.05) is 18.5 Å². The van der Waals surface area contributed by atoms with E-state index < -0.39 is 7.82 Å². The van der Waals surface area contributed by atoms with Gasteiger partial charge in [0.15, 0.2) is 0 Å².